The van der Waals surface area contributed by atoms with Gasteiger partial charge in [0.15, 0.2) is 0 Å². The van der Waals surface area contributed by atoms with Crippen molar-refractivity contribution in [3.8, 4) is 0 Å². The summed E-state index contributed by atoms with van der Waals surface area (Å²) in [6, 6.07) is 0. The third-order valence-electron chi connectivity index (χ3n) is 2.29. The Bertz CT molecular complexity index is 73.8. The van der Waals surface area contributed by atoms with Gasteiger partial charge in [0.2, 0.25) is 0 Å². The molecule has 1 aliphatic carbocycles. The predicted molar refractivity (Wildman–Crippen MR) is 51.4 cm³/mol. The highest BCUT2D eigenvalue weighted by Crippen LogP contribution is 2.21. The highest BCUT2D eigenvalue weighted by atomic mass is 16.5. The lowest BCUT2D eigenvalue weighted by Crippen LogP contribution is -2.24. The Morgan fingerprint density at radius 1 is 0.750 bits per heavy atom. The second-order valence-electron chi connectivity index (χ2n) is 2.87. The molecule has 2 nitrogen and oxygen atoms in total. The van der Waals surface area contributed by atoms with Crippen LogP contribution in [0.4, 0.5) is 0 Å². The normalized spacial score (nSPS) is 29.0. The number of hydrogen-bond acceptors (Lipinski definition) is 2. The van der Waals surface area contributed by atoms with Crippen molar-refractivity contribution in [2.45, 2.75) is 51.7 Å². The molecule has 0 saturated heterocycles. The first-order valence-corrected chi connectivity index (χ1v) is 4.92. The van der Waals surface area contributed by atoms with Gasteiger partial charge in [0.1, 0.15) is 0 Å². The van der Waals surface area contributed by atoms with Crippen molar-refractivity contribution < 1.29 is 9.47 Å². The summed E-state index contributed by atoms with van der Waals surface area (Å²) in [6.07, 6.45) is 5.63. The second kappa shape index (κ2) is 7.56. The Hall–Kier alpha value is -0.0800. The molecule has 0 amide bonds. The van der Waals surface area contributed by atoms with Crippen LogP contribution in [0.5, 0.6) is 0 Å². The van der Waals surface area contributed by atoms with Crippen LogP contribution in [-0.4, -0.2) is 26.4 Å². The summed E-state index contributed by atoms with van der Waals surface area (Å²) < 4.78 is 10.5. The standard InChI is InChI=1S/C8H16O2.C2H6/c1-9-7-3-5-8(10-2)6-4-7;1-2/h7-8H,3-6H2,1-2H3;1-2H3. The van der Waals surface area contributed by atoms with E-state index in [1.54, 1.807) is 14.2 Å². The molecule has 0 aromatic heterocycles. The number of methoxy groups -OCH3 is 2. The molecule has 0 aliphatic heterocycles. The molecular formula is C10H22O2. The van der Waals surface area contributed by atoms with Crippen molar-refractivity contribution in [1.82, 2.24) is 0 Å². The zero-order valence-corrected chi connectivity index (χ0v) is 8.80. The van der Waals surface area contributed by atoms with Crippen molar-refractivity contribution in [1.29, 1.82) is 0 Å². The molecule has 0 aromatic carbocycles. The second-order valence-corrected chi connectivity index (χ2v) is 2.87. The average molecular weight is 174 g/mol. The molecule has 2 heteroatoms. The van der Waals surface area contributed by atoms with Gasteiger partial charge < -0.3 is 9.47 Å². The predicted octanol–water partition coefficient (Wildman–Crippen LogP) is 2.62. The minimum atomic E-state index is 0.492. The maximum atomic E-state index is 5.23. The van der Waals surface area contributed by atoms with E-state index in [-0.39, 0.29) is 0 Å². The lowest BCUT2D eigenvalue weighted by Gasteiger charge is -2.26. The summed E-state index contributed by atoms with van der Waals surface area (Å²) in [6.45, 7) is 4.00. The van der Waals surface area contributed by atoms with E-state index < -0.39 is 0 Å². The first-order valence-electron chi connectivity index (χ1n) is 4.92. The van der Waals surface area contributed by atoms with Crippen molar-refractivity contribution in [3.63, 3.8) is 0 Å². The van der Waals surface area contributed by atoms with Crippen LogP contribution >= 0.6 is 0 Å². The summed E-state index contributed by atoms with van der Waals surface area (Å²) in [4.78, 5) is 0. The Labute approximate surface area is 76.3 Å². The topological polar surface area (TPSA) is 18.5 Å². The fourth-order valence-corrected chi connectivity index (χ4v) is 1.50. The summed E-state index contributed by atoms with van der Waals surface area (Å²) in [5.74, 6) is 0. The van der Waals surface area contributed by atoms with Crippen LogP contribution in [0.15, 0.2) is 0 Å². The lowest BCUT2D eigenvalue weighted by atomic mass is 9.95. The fraction of sp³-hybridized carbons (Fsp3) is 1.00. The van der Waals surface area contributed by atoms with Gasteiger partial charge in [0.05, 0.1) is 12.2 Å². The van der Waals surface area contributed by atoms with E-state index in [0.717, 1.165) is 25.7 Å². The van der Waals surface area contributed by atoms with Gasteiger partial charge in [-0.2, -0.15) is 0 Å². The molecule has 1 rings (SSSR count). The molecule has 12 heavy (non-hydrogen) atoms. The third kappa shape index (κ3) is 4.07. The quantitative estimate of drug-likeness (QED) is 0.640. The molecule has 1 saturated carbocycles. The molecule has 0 heterocycles. The SMILES string of the molecule is CC.COC1CCC(OC)CC1. The molecule has 0 N–H and O–H groups in total. The van der Waals surface area contributed by atoms with Gasteiger partial charge in [0.25, 0.3) is 0 Å². The van der Waals surface area contributed by atoms with Crippen LogP contribution in [0.3, 0.4) is 0 Å². The van der Waals surface area contributed by atoms with Crippen LogP contribution in [0.2, 0.25) is 0 Å². The number of hydrogen-bond donors (Lipinski definition) is 0. The van der Waals surface area contributed by atoms with E-state index in [1.165, 1.54) is 0 Å². The Morgan fingerprint density at radius 2 is 1.00 bits per heavy atom. The van der Waals surface area contributed by atoms with Crippen molar-refractivity contribution in [2.75, 3.05) is 14.2 Å². The lowest BCUT2D eigenvalue weighted by molar-refractivity contribution is 0.00454. The Morgan fingerprint density at radius 3 is 1.17 bits per heavy atom. The molecule has 74 valence electrons. The highest BCUT2D eigenvalue weighted by Gasteiger charge is 2.19. The minimum Gasteiger partial charge on any atom is -0.381 e. The molecular weight excluding hydrogens is 152 g/mol. The van der Waals surface area contributed by atoms with Crippen LogP contribution in [0, 0.1) is 0 Å². The summed E-state index contributed by atoms with van der Waals surface area (Å²) in [5, 5.41) is 0. The minimum absolute atomic E-state index is 0.492. The number of rotatable bonds is 2. The van der Waals surface area contributed by atoms with Crippen molar-refractivity contribution >= 4 is 0 Å². The molecule has 1 aliphatic rings. The molecule has 0 unspecified atom stereocenters. The van der Waals surface area contributed by atoms with Gasteiger partial charge in [-0.05, 0) is 25.7 Å². The average Bonchev–Trinajstić information content (AvgIpc) is 2.21. The smallest absolute Gasteiger partial charge is 0.0573 e. The van der Waals surface area contributed by atoms with E-state index in [4.69, 9.17) is 9.47 Å². The molecule has 0 radical (unpaired) electrons. The van der Waals surface area contributed by atoms with Crippen molar-refractivity contribution in [2.24, 2.45) is 0 Å². The Balaban J connectivity index is 0.000000561. The molecule has 0 aromatic rings. The fourth-order valence-electron chi connectivity index (χ4n) is 1.50. The van der Waals surface area contributed by atoms with Crippen LogP contribution in [0.1, 0.15) is 39.5 Å². The van der Waals surface area contributed by atoms with E-state index >= 15 is 0 Å². The Kier molecular flexibility index (Phi) is 7.51. The van der Waals surface area contributed by atoms with Crippen LogP contribution in [-0.2, 0) is 9.47 Å². The molecule has 1 fully saturated rings. The summed E-state index contributed by atoms with van der Waals surface area (Å²) in [5.41, 5.74) is 0. The van der Waals surface area contributed by atoms with Gasteiger partial charge in [-0.25, -0.2) is 0 Å². The first kappa shape index (κ1) is 11.9. The van der Waals surface area contributed by atoms with Gasteiger partial charge in [0, 0.05) is 14.2 Å². The monoisotopic (exact) mass is 174 g/mol. The number of ether oxygens (including phenoxy) is 2. The zero-order valence-electron chi connectivity index (χ0n) is 8.80. The van der Waals surface area contributed by atoms with Gasteiger partial charge in [-0.15, -0.1) is 0 Å². The highest BCUT2D eigenvalue weighted by molar-refractivity contribution is 4.71. The van der Waals surface area contributed by atoms with Crippen molar-refractivity contribution in [3.05, 3.63) is 0 Å². The first-order chi connectivity index (χ1) is 5.86. The summed E-state index contributed by atoms with van der Waals surface area (Å²) >= 11 is 0. The molecule has 0 bridgehead atoms. The maximum absolute atomic E-state index is 5.23. The third-order valence-corrected chi connectivity index (χ3v) is 2.29. The maximum Gasteiger partial charge on any atom is 0.0573 e. The van der Waals surface area contributed by atoms with E-state index in [0.29, 0.717) is 12.2 Å². The molecule has 0 atom stereocenters. The van der Waals surface area contributed by atoms with Gasteiger partial charge in [-0.3, -0.25) is 0 Å². The van der Waals surface area contributed by atoms with Crippen LogP contribution in [0.25, 0.3) is 0 Å². The van der Waals surface area contributed by atoms with Gasteiger partial charge in [-0.1, -0.05) is 13.8 Å². The summed E-state index contributed by atoms with van der Waals surface area (Å²) in [7, 11) is 3.58. The van der Waals surface area contributed by atoms with E-state index in [1.807, 2.05) is 13.8 Å². The zero-order chi connectivity index (χ0) is 9.40. The van der Waals surface area contributed by atoms with Crippen LogP contribution < -0.4 is 0 Å². The van der Waals surface area contributed by atoms with E-state index in [9.17, 15) is 0 Å². The molecule has 0 spiro atoms. The van der Waals surface area contributed by atoms with Gasteiger partial charge >= 0.3 is 0 Å². The largest absolute Gasteiger partial charge is 0.381 e. The van der Waals surface area contributed by atoms with E-state index in [2.05, 4.69) is 0 Å².